The normalized spacial score (nSPS) is 16.1. The van der Waals surface area contributed by atoms with Crippen LogP contribution in [0.1, 0.15) is 68.4 Å². The van der Waals surface area contributed by atoms with Crippen LogP contribution in [0.15, 0.2) is 60.8 Å². The molecule has 0 fully saturated rings. The number of aromatic nitrogens is 2. The van der Waals surface area contributed by atoms with Crippen molar-refractivity contribution in [3.8, 4) is 0 Å². The van der Waals surface area contributed by atoms with Crippen LogP contribution in [-0.4, -0.2) is 34.8 Å². The van der Waals surface area contributed by atoms with Crippen molar-refractivity contribution in [1.82, 2.24) is 9.78 Å². The van der Waals surface area contributed by atoms with Crippen molar-refractivity contribution in [3.63, 3.8) is 0 Å². The van der Waals surface area contributed by atoms with E-state index in [1.54, 1.807) is 30.2 Å². The Morgan fingerprint density at radius 3 is 2.56 bits per heavy atom. The number of nitrogens with one attached hydrogen (secondary N) is 1. The van der Waals surface area contributed by atoms with Gasteiger partial charge in [-0.05, 0) is 69.9 Å². The number of anilines is 2. The van der Waals surface area contributed by atoms with Gasteiger partial charge in [-0.25, -0.2) is 4.68 Å². The number of halogens is 1. The Kier molecular flexibility index (Phi) is 7.99. The minimum absolute atomic E-state index is 0.0607. The second-order valence-electron chi connectivity index (χ2n) is 9.64. The van der Waals surface area contributed by atoms with Gasteiger partial charge in [0.15, 0.2) is 0 Å². The predicted octanol–water partition coefficient (Wildman–Crippen LogP) is 6.21. The highest BCUT2D eigenvalue weighted by molar-refractivity contribution is 6.30. The van der Waals surface area contributed by atoms with Gasteiger partial charge in [-0.1, -0.05) is 41.9 Å². The Bertz CT molecular complexity index is 1190. The first-order valence-electron chi connectivity index (χ1n) is 12.4. The lowest BCUT2D eigenvalue weighted by Gasteiger charge is -2.38. The summed E-state index contributed by atoms with van der Waals surface area (Å²) in [6.45, 7) is 6.90. The third kappa shape index (κ3) is 5.73. The topological polar surface area (TPSA) is 76.5 Å². The van der Waals surface area contributed by atoms with Crippen molar-refractivity contribution in [1.29, 1.82) is 0 Å². The van der Waals surface area contributed by atoms with Crippen molar-refractivity contribution in [2.75, 3.05) is 23.4 Å². The first kappa shape index (κ1) is 25.8. The fourth-order valence-electron chi connectivity index (χ4n) is 4.68. The fourth-order valence-corrected chi connectivity index (χ4v) is 4.80. The molecule has 190 valence electrons. The molecule has 1 aliphatic rings. The summed E-state index contributed by atoms with van der Waals surface area (Å²) in [7, 11) is 0. The summed E-state index contributed by atoms with van der Waals surface area (Å²) >= 11 is 6.11. The molecule has 8 heteroatoms. The number of esters is 1. The summed E-state index contributed by atoms with van der Waals surface area (Å²) in [5.74, 6) is 0.355. The molecule has 3 aromatic rings. The first-order valence-corrected chi connectivity index (χ1v) is 12.8. The Morgan fingerprint density at radius 1 is 1.14 bits per heavy atom. The van der Waals surface area contributed by atoms with Crippen LogP contribution in [0.2, 0.25) is 5.02 Å². The number of unbranched alkanes of at least 4 members (excludes halogenated alkanes) is 1. The molecule has 1 atom stereocenters. The van der Waals surface area contributed by atoms with Crippen LogP contribution in [0.4, 0.5) is 11.5 Å². The summed E-state index contributed by atoms with van der Waals surface area (Å²) in [6.07, 6.45) is 4.11. The Balaban J connectivity index is 1.60. The summed E-state index contributed by atoms with van der Waals surface area (Å²) in [6, 6.07) is 17.5. The van der Waals surface area contributed by atoms with Gasteiger partial charge in [0.2, 0.25) is 0 Å². The molecule has 0 spiro atoms. The predicted molar refractivity (Wildman–Crippen MR) is 143 cm³/mol. The van der Waals surface area contributed by atoms with Gasteiger partial charge in [0, 0.05) is 23.7 Å². The highest BCUT2D eigenvalue weighted by Gasteiger charge is 2.37. The molecule has 0 aliphatic carbocycles. The van der Waals surface area contributed by atoms with Crippen LogP contribution >= 0.6 is 11.6 Å². The van der Waals surface area contributed by atoms with Crippen LogP contribution in [0.25, 0.3) is 0 Å². The number of fused-ring (bicyclic) bond motifs is 1. The zero-order valence-electron chi connectivity index (χ0n) is 21.0. The highest BCUT2D eigenvalue weighted by atomic mass is 35.5. The quantitative estimate of drug-likeness (QED) is 0.275. The number of benzene rings is 2. The van der Waals surface area contributed by atoms with E-state index >= 15 is 0 Å². The summed E-state index contributed by atoms with van der Waals surface area (Å²) in [5, 5.41) is 8.80. The number of nitrogens with zero attached hydrogens (tertiary/aromatic N) is 3. The monoisotopic (exact) mass is 508 g/mol. The molecule has 0 saturated carbocycles. The van der Waals surface area contributed by atoms with E-state index in [9.17, 15) is 9.59 Å². The van der Waals surface area contributed by atoms with E-state index in [-0.39, 0.29) is 23.5 Å². The average molecular weight is 509 g/mol. The number of carbonyl (C=O) groups is 2. The molecule has 0 saturated heterocycles. The maximum atomic E-state index is 14.0. The lowest BCUT2D eigenvalue weighted by Crippen LogP contribution is -2.39. The zero-order chi connectivity index (χ0) is 25.7. The molecule has 1 aliphatic heterocycles. The van der Waals surface area contributed by atoms with Crippen LogP contribution in [0.5, 0.6) is 0 Å². The average Bonchev–Trinajstić information content (AvgIpc) is 3.30. The van der Waals surface area contributed by atoms with Crippen molar-refractivity contribution in [3.05, 3.63) is 76.9 Å². The van der Waals surface area contributed by atoms with E-state index in [0.29, 0.717) is 43.0 Å². The SMILES string of the molecule is CCOC(=O)CCCCN(C(=O)c1cnn2c1NC(c1ccccc1)CC2(C)C)c1ccc(Cl)cc1. The summed E-state index contributed by atoms with van der Waals surface area (Å²) < 4.78 is 6.95. The number of ether oxygens (including phenoxy) is 1. The molecule has 2 aromatic carbocycles. The minimum Gasteiger partial charge on any atom is -0.466 e. The molecule has 36 heavy (non-hydrogen) atoms. The molecular weight excluding hydrogens is 476 g/mol. The molecule has 2 heterocycles. The van der Waals surface area contributed by atoms with E-state index in [4.69, 9.17) is 16.3 Å². The van der Waals surface area contributed by atoms with Crippen molar-refractivity contribution in [2.24, 2.45) is 0 Å². The zero-order valence-corrected chi connectivity index (χ0v) is 21.8. The van der Waals surface area contributed by atoms with Crippen molar-refractivity contribution >= 4 is 35.0 Å². The second-order valence-corrected chi connectivity index (χ2v) is 10.1. The number of rotatable bonds is 9. The van der Waals surface area contributed by atoms with Gasteiger partial charge >= 0.3 is 5.97 Å². The largest absolute Gasteiger partial charge is 0.466 e. The summed E-state index contributed by atoms with van der Waals surface area (Å²) in [4.78, 5) is 27.4. The van der Waals surface area contributed by atoms with E-state index in [1.165, 1.54) is 5.56 Å². The molecule has 7 nitrogen and oxygen atoms in total. The van der Waals surface area contributed by atoms with Crippen molar-refractivity contribution in [2.45, 2.75) is 58.0 Å². The molecule has 0 radical (unpaired) electrons. The third-order valence-corrected chi connectivity index (χ3v) is 6.74. The Hall–Kier alpha value is -3.32. The van der Waals surface area contributed by atoms with E-state index in [1.807, 2.05) is 35.0 Å². The minimum atomic E-state index is -0.273. The lowest BCUT2D eigenvalue weighted by molar-refractivity contribution is -0.143. The standard InChI is InChI=1S/C28H33ClN4O3/c1-4-36-25(34)12-8-9-17-32(22-15-13-21(29)14-16-22)27(35)23-19-30-33-26(23)31-24(18-28(33,2)3)20-10-6-5-7-11-20/h5-7,10-11,13-16,19,24,31H,4,8-9,12,17-18H2,1-3H3. The van der Waals surface area contributed by atoms with Crippen LogP contribution in [0.3, 0.4) is 0 Å². The van der Waals surface area contributed by atoms with Crippen LogP contribution in [0, 0.1) is 0 Å². The second kappa shape index (κ2) is 11.2. The maximum absolute atomic E-state index is 14.0. The van der Waals surface area contributed by atoms with Crippen molar-refractivity contribution < 1.29 is 14.3 Å². The third-order valence-electron chi connectivity index (χ3n) is 6.49. The molecular formula is C28H33ClN4O3. The van der Waals surface area contributed by atoms with Gasteiger partial charge in [0.05, 0.1) is 24.4 Å². The van der Waals surface area contributed by atoms with Gasteiger partial charge in [-0.3, -0.25) is 9.59 Å². The number of carbonyl (C=O) groups excluding carboxylic acids is 2. The molecule has 0 bridgehead atoms. The number of amides is 1. The molecule has 4 rings (SSSR count). The van der Waals surface area contributed by atoms with Gasteiger partial charge in [0.25, 0.3) is 5.91 Å². The first-order chi connectivity index (χ1) is 17.3. The maximum Gasteiger partial charge on any atom is 0.305 e. The van der Waals surface area contributed by atoms with Gasteiger partial charge < -0.3 is 15.0 Å². The molecule has 1 aromatic heterocycles. The van der Waals surface area contributed by atoms with Crippen LogP contribution in [-0.2, 0) is 15.1 Å². The van der Waals surface area contributed by atoms with Gasteiger partial charge in [0.1, 0.15) is 11.4 Å². The molecule has 1 amide bonds. The molecule has 1 unspecified atom stereocenters. The Labute approximate surface area is 217 Å². The molecule has 1 N–H and O–H groups in total. The Morgan fingerprint density at radius 2 is 1.86 bits per heavy atom. The highest BCUT2D eigenvalue weighted by Crippen LogP contribution is 2.40. The van der Waals surface area contributed by atoms with Crippen LogP contribution < -0.4 is 10.2 Å². The number of hydrogen-bond acceptors (Lipinski definition) is 5. The van der Waals surface area contributed by atoms with Gasteiger partial charge in [-0.2, -0.15) is 5.10 Å². The van der Waals surface area contributed by atoms with E-state index in [0.717, 1.165) is 17.9 Å². The summed E-state index contributed by atoms with van der Waals surface area (Å²) in [5.41, 5.74) is 2.16. The van der Waals surface area contributed by atoms with E-state index < -0.39 is 0 Å². The fraction of sp³-hybridized carbons (Fsp3) is 0.393. The van der Waals surface area contributed by atoms with E-state index in [2.05, 4.69) is 36.4 Å². The van der Waals surface area contributed by atoms with Gasteiger partial charge in [-0.15, -0.1) is 0 Å². The smallest absolute Gasteiger partial charge is 0.305 e. The lowest BCUT2D eigenvalue weighted by atomic mass is 9.89. The number of hydrogen-bond donors (Lipinski definition) is 1.